The van der Waals surface area contributed by atoms with Crippen molar-refractivity contribution in [3.05, 3.63) is 76.9 Å². The molecule has 0 atom stereocenters. The third kappa shape index (κ3) is 4.70. The Labute approximate surface area is 157 Å². The number of aromatic hydroxyl groups is 1. The molecule has 1 aliphatic rings. The number of amides is 1. The lowest BCUT2D eigenvalue weighted by Crippen LogP contribution is -2.25. The molecule has 2 N–H and O–H groups in total. The predicted molar refractivity (Wildman–Crippen MR) is 102 cm³/mol. The highest BCUT2D eigenvalue weighted by molar-refractivity contribution is 6.24. The van der Waals surface area contributed by atoms with Crippen LogP contribution in [0.15, 0.2) is 60.2 Å². The van der Waals surface area contributed by atoms with Gasteiger partial charge < -0.3 is 10.4 Å². The van der Waals surface area contributed by atoms with Crippen molar-refractivity contribution in [1.29, 1.82) is 0 Å². The van der Waals surface area contributed by atoms with Crippen LogP contribution in [0.5, 0.6) is 5.75 Å². The van der Waals surface area contributed by atoms with Crippen molar-refractivity contribution >= 4 is 17.5 Å². The zero-order chi connectivity index (χ0) is 19.2. The van der Waals surface area contributed by atoms with Crippen LogP contribution in [0.25, 0.3) is 0 Å². The highest BCUT2D eigenvalue weighted by Crippen LogP contribution is 2.24. The number of ketones is 2. The van der Waals surface area contributed by atoms with Gasteiger partial charge in [0.15, 0.2) is 11.6 Å². The fraction of sp³-hybridized carbons (Fsp3) is 0.227. The molecule has 0 fully saturated rings. The molecule has 0 aliphatic heterocycles. The van der Waals surface area contributed by atoms with E-state index in [-0.39, 0.29) is 23.2 Å². The van der Waals surface area contributed by atoms with Crippen molar-refractivity contribution in [2.24, 2.45) is 0 Å². The van der Waals surface area contributed by atoms with Gasteiger partial charge in [-0.1, -0.05) is 36.4 Å². The number of hydrogen-bond acceptors (Lipinski definition) is 4. The number of phenolic OH excluding ortho intramolecular Hbond substituents is 1. The average molecular weight is 363 g/mol. The Hall–Kier alpha value is -3.21. The van der Waals surface area contributed by atoms with E-state index in [2.05, 4.69) is 5.32 Å². The number of allylic oxidation sites excluding steroid dienone is 2. The van der Waals surface area contributed by atoms with E-state index in [1.165, 1.54) is 6.08 Å². The maximum atomic E-state index is 12.5. The Balaban J connectivity index is 1.43. The van der Waals surface area contributed by atoms with Crippen molar-refractivity contribution in [3.63, 3.8) is 0 Å². The summed E-state index contributed by atoms with van der Waals surface area (Å²) in [6, 6.07) is 13.7. The van der Waals surface area contributed by atoms with Gasteiger partial charge in [-0.25, -0.2) is 0 Å². The molecule has 5 heteroatoms. The standard InChI is InChI=1S/C22H21NO4/c24-17-10-8-15(9-11-17)12-13-23-21(26)7-3-4-16-14-20(25)18-5-1-2-6-19(18)22(16)27/h1-2,5-6,8-11,14,24H,3-4,7,12-13H2,(H,23,26). The second-order valence-corrected chi connectivity index (χ2v) is 6.53. The normalized spacial score (nSPS) is 13.1. The molecular weight excluding hydrogens is 342 g/mol. The first-order valence-electron chi connectivity index (χ1n) is 8.98. The fourth-order valence-electron chi connectivity index (χ4n) is 3.09. The maximum Gasteiger partial charge on any atom is 0.220 e. The van der Waals surface area contributed by atoms with E-state index in [9.17, 15) is 19.5 Å². The van der Waals surface area contributed by atoms with Crippen LogP contribution < -0.4 is 5.32 Å². The molecule has 0 bridgehead atoms. The summed E-state index contributed by atoms with van der Waals surface area (Å²) in [5.74, 6) is -0.142. The lowest BCUT2D eigenvalue weighted by atomic mass is 9.87. The van der Waals surface area contributed by atoms with Gasteiger partial charge in [0.1, 0.15) is 5.75 Å². The second-order valence-electron chi connectivity index (χ2n) is 6.53. The van der Waals surface area contributed by atoms with Gasteiger partial charge in [-0.3, -0.25) is 14.4 Å². The summed E-state index contributed by atoms with van der Waals surface area (Å²) in [6.45, 7) is 0.511. The summed E-state index contributed by atoms with van der Waals surface area (Å²) in [5, 5.41) is 12.1. The van der Waals surface area contributed by atoms with Gasteiger partial charge in [0.05, 0.1) is 0 Å². The smallest absolute Gasteiger partial charge is 0.220 e. The highest BCUT2D eigenvalue weighted by atomic mass is 16.3. The van der Waals surface area contributed by atoms with Crippen LogP contribution in [0.1, 0.15) is 45.5 Å². The molecule has 138 valence electrons. The summed E-state index contributed by atoms with van der Waals surface area (Å²) < 4.78 is 0. The van der Waals surface area contributed by atoms with Crippen LogP contribution in [0.3, 0.4) is 0 Å². The van der Waals surface area contributed by atoms with Crippen LogP contribution in [0.4, 0.5) is 0 Å². The molecule has 2 aromatic rings. The first kappa shape index (κ1) is 18.6. The maximum absolute atomic E-state index is 12.5. The summed E-state index contributed by atoms with van der Waals surface area (Å²) in [7, 11) is 0. The van der Waals surface area contributed by atoms with Crippen molar-refractivity contribution in [3.8, 4) is 5.75 Å². The molecule has 0 saturated heterocycles. The van der Waals surface area contributed by atoms with E-state index < -0.39 is 0 Å². The molecule has 1 aliphatic carbocycles. The predicted octanol–water partition coefficient (Wildman–Crippen LogP) is 3.23. The summed E-state index contributed by atoms with van der Waals surface area (Å²) in [6.07, 6.45) is 3.30. The third-order valence-corrected chi connectivity index (χ3v) is 4.56. The number of fused-ring (bicyclic) bond motifs is 1. The molecule has 0 aromatic heterocycles. The number of Topliss-reactive ketones (excluding diaryl/α,β-unsaturated/α-hetero) is 1. The lowest BCUT2D eigenvalue weighted by molar-refractivity contribution is -0.121. The van der Waals surface area contributed by atoms with E-state index in [1.54, 1.807) is 36.4 Å². The van der Waals surface area contributed by atoms with E-state index in [0.29, 0.717) is 48.9 Å². The van der Waals surface area contributed by atoms with Crippen LogP contribution >= 0.6 is 0 Å². The Morgan fingerprint density at radius 2 is 1.63 bits per heavy atom. The molecule has 0 spiro atoms. The summed E-state index contributed by atoms with van der Waals surface area (Å²) >= 11 is 0. The minimum Gasteiger partial charge on any atom is -0.508 e. The van der Waals surface area contributed by atoms with Crippen molar-refractivity contribution in [1.82, 2.24) is 5.32 Å². The Kier molecular flexibility index (Phi) is 5.81. The van der Waals surface area contributed by atoms with Crippen LogP contribution in [0.2, 0.25) is 0 Å². The molecule has 0 heterocycles. The molecule has 0 unspecified atom stereocenters. The van der Waals surface area contributed by atoms with Crippen molar-refractivity contribution < 1.29 is 19.5 Å². The van der Waals surface area contributed by atoms with Crippen molar-refractivity contribution in [2.45, 2.75) is 25.7 Å². The zero-order valence-electron chi connectivity index (χ0n) is 14.9. The number of nitrogens with one attached hydrogen (secondary N) is 1. The first-order chi connectivity index (χ1) is 13.0. The molecular formula is C22H21NO4. The highest BCUT2D eigenvalue weighted by Gasteiger charge is 2.24. The number of benzene rings is 2. The number of carbonyl (C=O) groups excluding carboxylic acids is 3. The Bertz CT molecular complexity index is 897. The van der Waals surface area contributed by atoms with Gasteiger partial charge in [-0.2, -0.15) is 0 Å². The zero-order valence-corrected chi connectivity index (χ0v) is 14.9. The minimum atomic E-state index is -0.154. The average Bonchev–Trinajstić information content (AvgIpc) is 2.67. The number of carbonyl (C=O) groups is 3. The van der Waals surface area contributed by atoms with Gasteiger partial charge >= 0.3 is 0 Å². The number of rotatable bonds is 7. The third-order valence-electron chi connectivity index (χ3n) is 4.56. The lowest BCUT2D eigenvalue weighted by Gasteiger charge is -2.14. The van der Waals surface area contributed by atoms with E-state index in [0.717, 1.165) is 5.56 Å². The molecule has 2 aromatic carbocycles. The van der Waals surface area contributed by atoms with E-state index in [4.69, 9.17) is 0 Å². The largest absolute Gasteiger partial charge is 0.508 e. The van der Waals surface area contributed by atoms with Crippen LogP contribution in [-0.2, 0) is 11.2 Å². The quantitative estimate of drug-likeness (QED) is 0.791. The van der Waals surface area contributed by atoms with Gasteiger partial charge in [0, 0.05) is 29.7 Å². The SMILES string of the molecule is O=C(CCCC1=CC(=O)c2ccccc2C1=O)NCCc1ccc(O)cc1. The van der Waals surface area contributed by atoms with Gasteiger partial charge in [0.25, 0.3) is 0 Å². The first-order valence-corrected chi connectivity index (χ1v) is 8.98. The molecule has 0 saturated carbocycles. The van der Waals surface area contributed by atoms with E-state index in [1.807, 2.05) is 12.1 Å². The number of phenols is 1. The van der Waals surface area contributed by atoms with Gasteiger partial charge in [-0.15, -0.1) is 0 Å². The Morgan fingerprint density at radius 3 is 2.37 bits per heavy atom. The fourth-order valence-corrected chi connectivity index (χ4v) is 3.09. The minimum absolute atomic E-state index is 0.0793. The second kappa shape index (κ2) is 8.45. The monoisotopic (exact) mass is 363 g/mol. The molecule has 0 radical (unpaired) electrons. The molecule has 27 heavy (non-hydrogen) atoms. The Morgan fingerprint density at radius 1 is 0.926 bits per heavy atom. The molecule has 1 amide bonds. The summed E-state index contributed by atoms with van der Waals surface area (Å²) in [5.41, 5.74) is 2.38. The molecule has 3 rings (SSSR count). The van der Waals surface area contributed by atoms with Gasteiger partial charge in [-0.05, 0) is 43.0 Å². The van der Waals surface area contributed by atoms with Crippen LogP contribution in [-0.4, -0.2) is 29.1 Å². The number of hydrogen-bond donors (Lipinski definition) is 2. The summed E-state index contributed by atoms with van der Waals surface area (Å²) in [4.78, 5) is 36.5. The topological polar surface area (TPSA) is 83.5 Å². The molecule has 5 nitrogen and oxygen atoms in total. The van der Waals surface area contributed by atoms with Crippen LogP contribution in [0, 0.1) is 0 Å². The van der Waals surface area contributed by atoms with Crippen molar-refractivity contribution in [2.75, 3.05) is 6.54 Å². The van der Waals surface area contributed by atoms with E-state index >= 15 is 0 Å². The van der Waals surface area contributed by atoms with Gasteiger partial charge in [0.2, 0.25) is 5.91 Å².